The Morgan fingerprint density at radius 3 is 2.67 bits per heavy atom. The van der Waals surface area contributed by atoms with Gasteiger partial charge in [0.2, 0.25) is 5.75 Å². The summed E-state index contributed by atoms with van der Waals surface area (Å²) in [6.07, 6.45) is 5.88. The Hall–Kier alpha value is -2.69. The minimum Gasteiger partial charge on any atom is -0.508 e. The fourth-order valence-electron chi connectivity index (χ4n) is 2.24. The fraction of sp³-hybridized carbons (Fsp3) is 0.316. The standard InChI is InChI=1S/C19H22O5/c1-12(2)5-4-6-13(3)9-10-23-18-17(21)15-11-14(20)7-8-16(15)24-19(18)22/h5,7-9,11,20-21H,4,6,10H2,1-3H3/b13-9+. The second-order valence-corrected chi connectivity index (χ2v) is 5.93. The van der Waals surface area contributed by atoms with Crippen LogP contribution in [0.2, 0.25) is 0 Å². The van der Waals surface area contributed by atoms with Crippen molar-refractivity contribution in [2.75, 3.05) is 6.61 Å². The molecule has 0 amide bonds. The lowest BCUT2D eigenvalue weighted by Gasteiger charge is -2.07. The molecule has 0 bridgehead atoms. The maximum Gasteiger partial charge on any atom is 0.383 e. The first kappa shape index (κ1) is 17.7. The smallest absolute Gasteiger partial charge is 0.383 e. The average molecular weight is 330 g/mol. The number of hydrogen-bond acceptors (Lipinski definition) is 5. The lowest BCUT2D eigenvalue weighted by Crippen LogP contribution is -2.07. The van der Waals surface area contributed by atoms with Crippen molar-refractivity contribution >= 4 is 11.0 Å². The van der Waals surface area contributed by atoms with E-state index in [0.29, 0.717) is 0 Å². The highest BCUT2D eigenvalue weighted by atomic mass is 16.5. The third-order valence-corrected chi connectivity index (χ3v) is 3.57. The molecule has 5 nitrogen and oxygen atoms in total. The topological polar surface area (TPSA) is 79.9 Å². The molecule has 1 aromatic heterocycles. The summed E-state index contributed by atoms with van der Waals surface area (Å²) in [4.78, 5) is 11.9. The zero-order valence-electron chi connectivity index (χ0n) is 14.1. The van der Waals surface area contributed by atoms with E-state index in [1.807, 2.05) is 13.0 Å². The van der Waals surface area contributed by atoms with Gasteiger partial charge in [0.25, 0.3) is 0 Å². The summed E-state index contributed by atoms with van der Waals surface area (Å²) in [6, 6.07) is 4.12. The minimum absolute atomic E-state index is 0.0346. The number of ether oxygens (including phenoxy) is 1. The number of allylic oxidation sites excluding steroid dienone is 3. The first-order valence-electron chi connectivity index (χ1n) is 7.79. The highest BCUT2D eigenvalue weighted by Gasteiger charge is 2.15. The van der Waals surface area contributed by atoms with E-state index in [4.69, 9.17) is 9.15 Å². The molecule has 1 aromatic carbocycles. The predicted molar refractivity (Wildman–Crippen MR) is 93.7 cm³/mol. The van der Waals surface area contributed by atoms with Crippen LogP contribution in [-0.4, -0.2) is 16.8 Å². The van der Waals surface area contributed by atoms with Crippen LogP contribution < -0.4 is 10.4 Å². The van der Waals surface area contributed by atoms with Gasteiger partial charge in [-0.25, -0.2) is 4.79 Å². The van der Waals surface area contributed by atoms with Crippen LogP contribution in [0.5, 0.6) is 17.2 Å². The van der Waals surface area contributed by atoms with E-state index in [-0.39, 0.29) is 34.8 Å². The summed E-state index contributed by atoms with van der Waals surface area (Å²) >= 11 is 0. The molecule has 5 heteroatoms. The molecule has 0 spiro atoms. The average Bonchev–Trinajstić information content (AvgIpc) is 2.51. The first-order valence-corrected chi connectivity index (χ1v) is 7.79. The number of phenols is 1. The minimum atomic E-state index is -0.749. The van der Waals surface area contributed by atoms with E-state index in [2.05, 4.69) is 19.9 Å². The molecule has 0 aliphatic rings. The molecule has 0 fully saturated rings. The molecule has 0 radical (unpaired) electrons. The molecule has 0 aliphatic carbocycles. The van der Waals surface area contributed by atoms with Gasteiger partial charge in [0.05, 0.1) is 5.39 Å². The van der Waals surface area contributed by atoms with E-state index in [1.165, 1.54) is 23.8 Å². The van der Waals surface area contributed by atoms with Crippen LogP contribution in [0.1, 0.15) is 33.6 Å². The fourth-order valence-corrected chi connectivity index (χ4v) is 2.24. The molecule has 0 aliphatic heterocycles. The Labute approximate surface area is 140 Å². The van der Waals surface area contributed by atoms with Crippen molar-refractivity contribution < 1.29 is 19.4 Å². The second-order valence-electron chi connectivity index (χ2n) is 5.93. The van der Waals surface area contributed by atoms with E-state index < -0.39 is 5.63 Å². The highest BCUT2D eigenvalue weighted by Crippen LogP contribution is 2.33. The van der Waals surface area contributed by atoms with E-state index in [0.717, 1.165) is 18.4 Å². The van der Waals surface area contributed by atoms with E-state index in [9.17, 15) is 15.0 Å². The van der Waals surface area contributed by atoms with Gasteiger partial charge in [-0.05, 0) is 57.9 Å². The Bertz CT molecular complexity index is 839. The van der Waals surface area contributed by atoms with Gasteiger partial charge in [0.1, 0.15) is 17.9 Å². The lowest BCUT2D eigenvalue weighted by atomic mass is 10.1. The van der Waals surface area contributed by atoms with Gasteiger partial charge < -0.3 is 19.4 Å². The molecule has 0 atom stereocenters. The summed E-state index contributed by atoms with van der Waals surface area (Å²) in [6.45, 7) is 6.26. The quantitative estimate of drug-likeness (QED) is 0.610. The Kier molecular flexibility index (Phi) is 5.68. The third-order valence-electron chi connectivity index (χ3n) is 3.57. The van der Waals surface area contributed by atoms with Crippen LogP contribution in [0, 0.1) is 0 Å². The third kappa shape index (κ3) is 4.41. The van der Waals surface area contributed by atoms with Crippen molar-refractivity contribution in [1.82, 2.24) is 0 Å². The van der Waals surface area contributed by atoms with Crippen molar-refractivity contribution in [2.24, 2.45) is 0 Å². The van der Waals surface area contributed by atoms with Crippen LogP contribution in [0.3, 0.4) is 0 Å². The molecule has 0 unspecified atom stereocenters. The van der Waals surface area contributed by atoms with Crippen molar-refractivity contribution in [3.63, 3.8) is 0 Å². The van der Waals surface area contributed by atoms with Crippen LogP contribution in [0.25, 0.3) is 11.0 Å². The lowest BCUT2D eigenvalue weighted by molar-refractivity contribution is 0.317. The SMILES string of the molecule is CC(C)=CCC/C(C)=C/COc1c(O)c2cc(O)ccc2oc1=O. The number of aromatic hydroxyl groups is 2. The zero-order chi connectivity index (χ0) is 17.7. The monoisotopic (exact) mass is 330 g/mol. The normalized spacial score (nSPS) is 11.5. The molecule has 2 aromatic rings. The van der Waals surface area contributed by atoms with Gasteiger partial charge in [-0.2, -0.15) is 0 Å². The Morgan fingerprint density at radius 2 is 1.96 bits per heavy atom. The zero-order valence-corrected chi connectivity index (χ0v) is 14.1. The molecular formula is C19H22O5. The highest BCUT2D eigenvalue weighted by molar-refractivity contribution is 5.86. The molecular weight excluding hydrogens is 308 g/mol. The number of phenolic OH excluding ortho intramolecular Hbond substituents is 1. The summed E-state index contributed by atoms with van der Waals surface area (Å²) in [5.41, 5.74) is 1.85. The summed E-state index contributed by atoms with van der Waals surface area (Å²) in [5.74, 6) is -0.609. The van der Waals surface area contributed by atoms with Gasteiger partial charge >= 0.3 is 5.63 Å². The van der Waals surface area contributed by atoms with Crippen molar-refractivity contribution in [3.8, 4) is 17.2 Å². The summed E-state index contributed by atoms with van der Waals surface area (Å²) in [5, 5.41) is 19.9. The molecule has 128 valence electrons. The van der Waals surface area contributed by atoms with Crippen LogP contribution in [0.4, 0.5) is 0 Å². The van der Waals surface area contributed by atoms with Crippen LogP contribution in [0.15, 0.2) is 50.7 Å². The summed E-state index contributed by atoms with van der Waals surface area (Å²) < 4.78 is 10.5. The van der Waals surface area contributed by atoms with E-state index >= 15 is 0 Å². The number of fused-ring (bicyclic) bond motifs is 1. The summed E-state index contributed by atoms with van der Waals surface area (Å²) in [7, 11) is 0. The van der Waals surface area contributed by atoms with Crippen LogP contribution >= 0.6 is 0 Å². The predicted octanol–water partition coefficient (Wildman–Crippen LogP) is 4.28. The molecule has 2 rings (SSSR count). The van der Waals surface area contributed by atoms with Gasteiger partial charge in [0, 0.05) is 0 Å². The van der Waals surface area contributed by atoms with Crippen molar-refractivity contribution in [1.29, 1.82) is 0 Å². The second kappa shape index (κ2) is 7.73. The van der Waals surface area contributed by atoms with Gasteiger partial charge in [-0.1, -0.05) is 17.2 Å². The van der Waals surface area contributed by atoms with Crippen molar-refractivity contribution in [3.05, 3.63) is 51.9 Å². The van der Waals surface area contributed by atoms with Gasteiger partial charge in [-0.3, -0.25) is 0 Å². The van der Waals surface area contributed by atoms with Gasteiger partial charge in [0.15, 0.2) is 5.75 Å². The van der Waals surface area contributed by atoms with Crippen LogP contribution in [-0.2, 0) is 0 Å². The maximum absolute atomic E-state index is 11.9. The first-order chi connectivity index (χ1) is 11.4. The number of hydrogen-bond donors (Lipinski definition) is 2. The molecule has 1 heterocycles. The molecule has 2 N–H and O–H groups in total. The Morgan fingerprint density at radius 1 is 1.21 bits per heavy atom. The van der Waals surface area contributed by atoms with Gasteiger partial charge in [-0.15, -0.1) is 0 Å². The van der Waals surface area contributed by atoms with E-state index in [1.54, 1.807) is 0 Å². The molecule has 0 saturated heterocycles. The Balaban J connectivity index is 2.13. The molecule has 24 heavy (non-hydrogen) atoms. The largest absolute Gasteiger partial charge is 0.508 e. The maximum atomic E-state index is 11.9. The van der Waals surface area contributed by atoms with Crippen molar-refractivity contribution in [2.45, 2.75) is 33.6 Å². The number of rotatable bonds is 6. The molecule has 0 saturated carbocycles. The number of benzene rings is 1.